The topological polar surface area (TPSA) is 51.2 Å². The number of rotatable bonds is 7. The van der Waals surface area contributed by atoms with Crippen molar-refractivity contribution in [2.75, 3.05) is 11.9 Å². The average Bonchev–Trinajstić information content (AvgIpc) is 3.11. The first-order valence-electron chi connectivity index (χ1n) is 8.75. The van der Waals surface area contributed by atoms with Crippen molar-refractivity contribution >= 4 is 22.9 Å². The highest BCUT2D eigenvalue weighted by Gasteiger charge is 2.12. The van der Waals surface area contributed by atoms with Crippen LogP contribution in [0.25, 0.3) is 10.6 Å². The molecule has 1 N–H and O–H groups in total. The smallest absolute Gasteiger partial charge is 0.230 e. The Morgan fingerprint density at radius 1 is 1.12 bits per heavy atom. The number of aromatic nitrogens is 1. The van der Waals surface area contributed by atoms with E-state index in [-0.39, 0.29) is 12.3 Å². The lowest BCUT2D eigenvalue weighted by Crippen LogP contribution is -2.14. The van der Waals surface area contributed by atoms with Crippen LogP contribution in [0.5, 0.6) is 5.75 Å². The molecule has 2 aromatic carbocycles. The molecule has 0 atom stereocenters. The number of nitrogens with zero attached hydrogens (tertiary/aromatic N) is 1. The predicted octanol–water partition coefficient (Wildman–Crippen LogP) is 4.95. The minimum Gasteiger partial charge on any atom is -0.493 e. The van der Waals surface area contributed by atoms with Crippen molar-refractivity contribution in [3.05, 3.63) is 65.2 Å². The SMILES string of the molecule is CCOc1ccccc1-c1nc(CC(=O)Nc2ccc(CC)cc2)cs1. The predicted molar refractivity (Wildman–Crippen MR) is 107 cm³/mol. The molecule has 1 aromatic heterocycles. The van der Waals surface area contributed by atoms with Crippen LogP contribution in [0, 0.1) is 0 Å². The molecule has 0 fully saturated rings. The number of para-hydroxylation sites is 1. The zero-order chi connectivity index (χ0) is 18.4. The lowest BCUT2D eigenvalue weighted by atomic mass is 10.1. The van der Waals surface area contributed by atoms with Gasteiger partial charge in [-0.2, -0.15) is 0 Å². The van der Waals surface area contributed by atoms with Crippen molar-refractivity contribution in [2.24, 2.45) is 0 Å². The molecule has 1 amide bonds. The Kier molecular flexibility index (Phi) is 6.02. The van der Waals surface area contributed by atoms with Gasteiger partial charge in [0.25, 0.3) is 0 Å². The van der Waals surface area contributed by atoms with Gasteiger partial charge in [0.15, 0.2) is 0 Å². The molecule has 0 bridgehead atoms. The molecule has 0 aliphatic rings. The number of benzene rings is 2. The molecule has 1 heterocycles. The van der Waals surface area contributed by atoms with E-state index in [1.165, 1.54) is 16.9 Å². The van der Waals surface area contributed by atoms with Crippen LogP contribution in [0.1, 0.15) is 25.1 Å². The number of hydrogen-bond donors (Lipinski definition) is 1. The molecule has 0 saturated heterocycles. The normalized spacial score (nSPS) is 10.5. The van der Waals surface area contributed by atoms with Crippen LogP contribution in [0.3, 0.4) is 0 Å². The third kappa shape index (κ3) is 4.49. The van der Waals surface area contributed by atoms with Crippen molar-refractivity contribution < 1.29 is 9.53 Å². The van der Waals surface area contributed by atoms with Crippen molar-refractivity contribution in [2.45, 2.75) is 26.7 Å². The Labute approximate surface area is 157 Å². The van der Waals surface area contributed by atoms with Gasteiger partial charge >= 0.3 is 0 Å². The zero-order valence-electron chi connectivity index (χ0n) is 15.0. The van der Waals surface area contributed by atoms with E-state index in [0.717, 1.165) is 34.1 Å². The Morgan fingerprint density at radius 3 is 2.62 bits per heavy atom. The summed E-state index contributed by atoms with van der Waals surface area (Å²) in [6, 6.07) is 15.8. The van der Waals surface area contributed by atoms with E-state index in [1.54, 1.807) is 0 Å². The van der Waals surface area contributed by atoms with Crippen molar-refractivity contribution in [3.63, 3.8) is 0 Å². The van der Waals surface area contributed by atoms with Crippen LogP contribution in [-0.2, 0) is 17.6 Å². The number of thiazole rings is 1. The number of hydrogen-bond acceptors (Lipinski definition) is 4. The lowest BCUT2D eigenvalue weighted by molar-refractivity contribution is -0.115. The number of aryl methyl sites for hydroxylation is 1. The molecular weight excluding hydrogens is 344 g/mol. The van der Waals surface area contributed by atoms with E-state index in [4.69, 9.17) is 4.74 Å². The van der Waals surface area contributed by atoms with E-state index in [1.807, 2.05) is 60.8 Å². The van der Waals surface area contributed by atoms with E-state index in [9.17, 15) is 4.79 Å². The number of ether oxygens (including phenoxy) is 1. The van der Waals surface area contributed by atoms with Gasteiger partial charge in [-0.25, -0.2) is 4.98 Å². The molecule has 3 rings (SSSR count). The third-order valence-electron chi connectivity index (χ3n) is 3.96. The van der Waals surface area contributed by atoms with Crippen LogP contribution in [0.4, 0.5) is 5.69 Å². The van der Waals surface area contributed by atoms with E-state index >= 15 is 0 Å². The molecule has 0 spiro atoms. The van der Waals surface area contributed by atoms with Gasteiger partial charge in [0.05, 0.1) is 24.3 Å². The third-order valence-corrected chi connectivity index (χ3v) is 4.88. The highest BCUT2D eigenvalue weighted by atomic mass is 32.1. The minimum atomic E-state index is -0.0656. The van der Waals surface area contributed by atoms with Gasteiger partial charge in [0, 0.05) is 11.1 Å². The van der Waals surface area contributed by atoms with Gasteiger partial charge < -0.3 is 10.1 Å². The van der Waals surface area contributed by atoms with Gasteiger partial charge in [-0.1, -0.05) is 31.2 Å². The van der Waals surface area contributed by atoms with Crippen molar-refractivity contribution in [1.29, 1.82) is 0 Å². The maximum absolute atomic E-state index is 12.3. The molecule has 26 heavy (non-hydrogen) atoms. The van der Waals surface area contributed by atoms with Crippen molar-refractivity contribution in [3.8, 4) is 16.3 Å². The Bertz CT molecular complexity index is 872. The summed E-state index contributed by atoms with van der Waals surface area (Å²) in [5.74, 6) is 0.751. The fourth-order valence-electron chi connectivity index (χ4n) is 2.63. The standard InChI is InChI=1S/C21H22N2O2S/c1-3-15-9-11-16(12-10-15)22-20(24)13-17-14-26-21(23-17)18-7-5-6-8-19(18)25-4-2/h5-12,14H,3-4,13H2,1-2H3,(H,22,24). The largest absolute Gasteiger partial charge is 0.493 e. The average molecular weight is 366 g/mol. The second kappa shape index (κ2) is 8.63. The highest BCUT2D eigenvalue weighted by molar-refractivity contribution is 7.13. The van der Waals surface area contributed by atoms with Crippen LogP contribution in [0.2, 0.25) is 0 Å². The molecular formula is C21H22N2O2S. The van der Waals surface area contributed by atoms with Gasteiger partial charge in [0.2, 0.25) is 5.91 Å². The first-order valence-corrected chi connectivity index (χ1v) is 9.63. The lowest BCUT2D eigenvalue weighted by Gasteiger charge is -2.07. The summed E-state index contributed by atoms with van der Waals surface area (Å²) >= 11 is 1.52. The molecule has 0 saturated carbocycles. The zero-order valence-corrected chi connectivity index (χ0v) is 15.8. The van der Waals surface area contributed by atoms with Gasteiger partial charge in [-0.05, 0) is 43.2 Å². The second-order valence-corrected chi connectivity index (χ2v) is 6.71. The Morgan fingerprint density at radius 2 is 1.88 bits per heavy atom. The fraction of sp³-hybridized carbons (Fsp3) is 0.238. The summed E-state index contributed by atoms with van der Waals surface area (Å²) in [6.45, 7) is 4.67. The minimum absolute atomic E-state index is 0.0656. The van der Waals surface area contributed by atoms with Gasteiger partial charge in [-0.15, -0.1) is 11.3 Å². The summed E-state index contributed by atoms with van der Waals surface area (Å²) in [6.07, 6.45) is 1.24. The van der Waals surface area contributed by atoms with Crippen LogP contribution in [0.15, 0.2) is 53.9 Å². The molecule has 0 unspecified atom stereocenters. The number of carbonyl (C=O) groups is 1. The molecule has 0 radical (unpaired) electrons. The first-order chi connectivity index (χ1) is 12.7. The highest BCUT2D eigenvalue weighted by Crippen LogP contribution is 2.32. The Balaban J connectivity index is 1.67. The molecule has 4 nitrogen and oxygen atoms in total. The number of carbonyl (C=O) groups excluding carboxylic acids is 1. The first kappa shape index (κ1) is 18.1. The van der Waals surface area contributed by atoms with Crippen LogP contribution < -0.4 is 10.1 Å². The number of nitrogens with one attached hydrogen (secondary N) is 1. The molecule has 3 aromatic rings. The van der Waals surface area contributed by atoms with Crippen LogP contribution in [-0.4, -0.2) is 17.5 Å². The molecule has 134 valence electrons. The van der Waals surface area contributed by atoms with Crippen molar-refractivity contribution in [1.82, 2.24) is 4.98 Å². The van der Waals surface area contributed by atoms with E-state index in [0.29, 0.717) is 6.61 Å². The maximum Gasteiger partial charge on any atom is 0.230 e. The number of amides is 1. The molecule has 0 aliphatic heterocycles. The summed E-state index contributed by atoms with van der Waals surface area (Å²) < 4.78 is 5.67. The monoisotopic (exact) mass is 366 g/mol. The van der Waals surface area contributed by atoms with E-state index in [2.05, 4.69) is 17.2 Å². The van der Waals surface area contributed by atoms with Crippen LogP contribution >= 0.6 is 11.3 Å². The maximum atomic E-state index is 12.3. The Hall–Kier alpha value is -2.66. The number of anilines is 1. The quantitative estimate of drug-likeness (QED) is 0.643. The fourth-order valence-corrected chi connectivity index (χ4v) is 3.48. The second-order valence-electron chi connectivity index (χ2n) is 5.85. The summed E-state index contributed by atoms with van der Waals surface area (Å²) in [7, 11) is 0. The summed E-state index contributed by atoms with van der Waals surface area (Å²) in [5, 5.41) is 5.72. The van der Waals surface area contributed by atoms with Gasteiger partial charge in [-0.3, -0.25) is 4.79 Å². The van der Waals surface area contributed by atoms with E-state index < -0.39 is 0 Å². The molecule has 0 aliphatic carbocycles. The summed E-state index contributed by atoms with van der Waals surface area (Å²) in [5.41, 5.74) is 3.78. The molecule has 5 heteroatoms. The van der Waals surface area contributed by atoms with Gasteiger partial charge in [0.1, 0.15) is 10.8 Å². The summed E-state index contributed by atoms with van der Waals surface area (Å²) in [4.78, 5) is 16.9.